The van der Waals surface area contributed by atoms with E-state index in [4.69, 9.17) is 0 Å². The summed E-state index contributed by atoms with van der Waals surface area (Å²) in [5, 5.41) is 6.55. The van der Waals surface area contributed by atoms with Gasteiger partial charge in [-0.2, -0.15) is 0 Å². The molecule has 0 fully saturated rings. The minimum atomic E-state index is -0.361. The second-order valence-electron chi connectivity index (χ2n) is 6.12. The van der Waals surface area contributed by atoms with Crippen LogP contribution in [0.1, 0.15) is 20.7 Å². The number of rotatable bonds is 4. The van der Waals surface area contributed by atoms with Gasteiger partial charge in [0.2, 0.25) is 0 Å². The van der Waals surface area contributed by atoms with Crippen LogP contribution in [0.4, 0.5) is 11.4 Å². The molecule has 4 rings (SSSR count). The zero-order valence-electron chi connectivity index (χ0n) is 14.8. The first-order valence-electron chi connectivity index (χ1n) is 8.67. The number of pyridine rings is 2. The van der Waals surface area contributed by atoms with E-state index >= 15 is 0 Å². The van der Waals surface area contributed by atoms with Gasteiger partial charge < -0.3 is 10.6 Å². The van der Waals surface area contributed by atoms with Crippen molar-refractivity contribution in [1.29, 1.82) is 0 Å². The molecule has 0 radical (unpaired) electrons. The van der Waals surface area contributed by atoms with Crippen LogP contribution < -0.4 is 10.6 Å². The van der Waals surface area contributed by atoms with Crippen molar-refractivity contribution in [1.82, 2.24) is 9.97 Å². The fourth-order valence-corrected chi connectivity index (χ4v) is 2.81. The highest BCUT2D eigenvalue weighted by atomic mass is 16.2. The van der Waals surface area contributed by atoms with Crippen LogP contribution in [0.25, 0.3) is 10.9 Å². The van der Waals surface area contributed by atoms with Gasteiger partial charge in [-0.3, -0.25) is 19.6 Å². The minimum absolute atomic E-state index is 0.286. The quantitative estimate of drug-likeness (QED) is 0.567. The summed E-state index contributed by atoms with van der Waals surface area (Å²) in [5.41, 5.74) is 2.55. The molecule has 0 bridgehead atoms. The number of carbonyl (C=O) groups excluding carboxylic acids is 2. The Labute approximate surface area is 161 Å². The highest BCUT2D eigenvalue weighted by Gasteiger charge is 2.13. The summed E-state index contributed by atoms with van der Waals surface area (Å²) in [6.07, 6.45) is 4.52. The summed E-state index contributed by atoms with van der Waals surface area (Å²) < 4.78 is 0. The van der Waals surface area contributed by atoms with Crippen molar-refractivity contribution in [3.63, 3.8) is 0 Å². The molecular formula is C22H16N4O2. The average Bonchev–Trinajstić information content (AvgIpc) is 2.75. The Hall–Kier alpha value is -4.06. The summed E-state index contributed by atoms with van der Waals surface area (Å²) in [5.74, 6) is -0.694. The summed E-state index contributed by atoms with van der Waals surface area (Å²) in [4.78, 5) is 33.5. The van der Waals surface area contributed by atoms with Crippen LogP contribution in [-0.2, 0) is 0 Å². The topological polar surface area (TPSA) is 84.0 Å². The number of carbonyl (C=O) groups is 2. The number of hydrogen-bond acceptors (Lipinski definition) is 4. The first kappa shape index (κ1) is 17.4. The van der Waals surface area contributed by atoms with Gasteiger partial charge in [-0.05, 0) is 30.3 Å². The van der Waals surface area contributed by atoms with E-state index in [1.54, 1.807) is 24.4 Å². The van der Waals surface area contributed by atoms with Gasteiger partial charge in [0.1, 0.15) is 0 Å². The normalized spacial score (nSPS) is 10.4. The van der Waals surface area contributed by atoms with E-state index in [9.17, 15) is 9.59 Å². The van der Waals surface area contributed by atoms with E-state index in [0.29, 0.717) is 22.5 Å². The first-order chi connectivity index (χ1) is 13.7. The molecule has 6 heteroatoms. The number of para-hydroxylation sites is 2. The lowest BCUT2D eigenvalue weighted by Crippen LogP contribution is -2.16. The number of fused-ring (bicyclic) bond motifs is 1. The molecular weight excluding hydrogens is 352 g/mol. The van der Waals surface area contributed by atoms with E-state index in [2.05, 4.69) is 20.6 Å². The van der Waals surface area contributed by atoms with Crippen LogP contribution in [0.2, 0.25) is 0 Å². The second-order valence-corrected chi connectivity index (χ2v) is 6.12. The van der Waals surface area contributed by atoms with Gasteiger partial charge >= 0.3 is 0 Å². The number of nitrogens with zero attached hydrogens (tertiary/aromatic N) is 2. The molecule has 0 saturated heterocycles. The first-order valence-corrected chi connectivity index (χ1v) is 8.67. The van der Waals surface area contributed by atoms with Crippen molar-refractivity contribution >= 4 is 34.1 Å². The number of benzene rings is 2. The SMILES string of the molecule is O=C(Nc1ccccc1)c1cncc(C(=O)Nc2cccc3cccnc23)c1. The number of nitrogens with one attached hydrogen (secondary N) is 2. The maximum Gasteiger partial charge on any atom is 0.257 e. The molecule has 6 nitrogen and oxygen atoms in total. The molecule has 0 saturated carbocycles. The molecule has 0 aliphatic heterocycles. The van der Waals surface area contributed by atoms with Crippen LogP contribution in [0.15, 0.2) is 85.3 Å². The third-order valence-corrected chi connectivity index (χ3v) is 4.18. The Kier molecular flexibility index (Phi) is 4.76. The molecule has 2 amide bonds. The van der Waals surface area contributed by atoms with Crippen LogP contribution in [0.5, 0.6) is 0 Å². The van der Waals surface area contributed by atoms with E-state index in [1.807, 2.05) is 42.5 Å². The molecule has 136 valence electrons. The summed E-state index contributed by atoms with van der Waals surface area (Å²) in [7, 11) is 0. The number of amides is 2. The Morgan fingerprint density at radius 3 is 2.25 bits per heavy atom. The third kappa shape index (κ3) is 3.71. The highest BCUT2D eigenvalue weighted by molar-refractivity contribution is 6.10. The van der Waals surface area contributed by atoms with E-state index in [1.165, 1.54) is 18.5 Å². The highest BCUT2D eigenvalue weighted by Crippen LogP contribution is 2.21. The molecule has 0 aliphatic rings. The van der Waals surface area contributed by atoms with Crippen LogP contribution >= 0.6 is 0 Å². The zero-order chi connectivity index (χ0) is 19.3. The Morgan fingerprint density at radius 2 is 1.46 bits per heavy atom. The van der Waals surface area contributed by atoms with Crippen LogP contribution in [0.3, 0.4) is 0 Å². The van der Waals surface area contributed by atoms with Gasteiger partial charge in [-0.1, -0.05) is 36.4 Å². The molecule has 28 heavy (non-hydrogen) atoms. The fraction of sp³-hybridized carbons (Fsp3) is 0. The van der Waals surface area contributed by atoms with Gasteiger partial charge in [0, 0.05) is 29.7 Å². The predicted molar refractivity (Wildman–Crippen MR) is 108 cm³/mol. The van der Waals surface area contributed by atoms with Gasteiger partial charge in [0.15, 0.2) is 0 Å². The smallest absolute Gasteiger partial charge is 0.257 e. The fourth-order valence-electron chi connectivity index (χ4n) is 2.81. The molecule has 0 aliphatic carbocycles. The van der Waals surface area contributed by atoms with Crippen LogP contribution in [-0.4, -0.2) is 21.8 Å². The molecule has 4 aromatic rings. The maximum atomic E-state index is 12.7. The second kappa shape index (κ2) is 7.67. The Morgan fingerprint density at radius 1 is 0.750 bits per heavy atom. The maximum absolute atomic E-state index is 12.7. The van der Waals surface area contributed by atoms with Crippen molar-refractivity contribution in [3.8, 4) is 0 Å². The standard InChI is InChI=1S/C22H16N4O2/c27-21(25-18-8-2-1-3-9-18)16-12-17(14-23-13-16)22(28)26-19-10-4-6-15-7-5-11-24-20(15)19/h1-14H,(H,25,27)(H,26,28). The van der Waals surface area contributed by atoms with E-state index in [-0.39, 0.29) is 17.4 Å². The van der Waals surface area contributed by atoms with Gasteiger partial charge in [0.05, 0.1) is 22.3 Å². The monoisotopic (exact) mass is 368 g/mol. The lowest BCUT2D eigenvalue weighted by molar-refractivity contribution is 0.102. The van der Waals surface area contributed by atoms with E-state index in [0.717, 1.165) is 5.39 Å². The third-order valence-electron chi connectivity index (χ3n) is 4.18. The van der Waals surface area contributed by atoms with Crippen molar-refractivity contribution in [2.75, 3.05) is 10.6 Å². The van der Waals surface area contributed by atoms with Crippen LogP contribution in [0, 0.1) is 0 Å². The summed E-state index contributed by atoms with van der Waals surface area (Å²) in [6, 6.07) is 19.9. The van der Waals surface area contributed by atoms with Crippen molar-refractivity contribution in [3.05, 3.63) is 96.4 Å². The van der Waals surface area contributed by atoms with Gasteiger partial charge in [-0.15, -0.1) is 0 Å². The predicted octanol–water partition coefficient (Wildman–Crippen LogP) is 4.13. The molecule has 0 spiro atoms. The zero-order valence-corrected chi connectivity index (χ0v) is 14.8. The lowest BCUT2D eigenvalue weighted by Gasteiger charge is -2.09. The lowest BCUT2D eigenvalue weighted by atomic mass is 10.1. The molecule has 2 N–H and O–H groups in total. The van der Waals surface area contributed by atoms with E-state index < -0.39 is 0 Å². The molecule has 0 unspecified atom stereocenters. The molecule has 2 aromatic carbocycles. The molecule has 2 heterocycles. The summed E-state index contributed by atoms with van der Waals surface area (Å²) >= 11 is 0. The average molecular weight is 368 g/mol. The minimum Gasteiger partial charge on any atom is -0.322 e. The van der Waals surface area contributed by atoms with Crippen molar-refractivity contribution in [2.45, 2.75) is 0 Å². The van der Waals surface area contributed by atoms with Crippen molar-refractivity contribution in [2.24, 2.45) is 0 Å². The number of aromatic nitrogens is 2. The molecule has 0 atom stereocenters. The van der Waals surface area contributed by atoms with Gasteiger partial charge in [0.25, 0.3) is 11.8 Å². The van der Waals surface area contributed by atoms with Crippen molar-refractivity contribution < 1.29 is 9.59 Å². The number of anilines is 2. The Balaban J connectivity index is 1.55. The largest absolute Gasteiger partial charge is 0.322 e. The summed E-state index contributed by atoms with van der Waals surface area (Å²) in [6.45, 7) is 0. The number of hydrogen-bond donors (Lipinski definition) is 2. The molecule has 2 aromatic heterocycles. The Bertz CT molecular complexity index is 1150. The van der Waals surface area contributed by atoms with Gasteiger partial charge in [-0.25, -0.2) is 0 Å².